The van der Waals surface area contributed by atoms with E-state index in [9.17, 15) is 0 Å². The maximum atomic E-state index is 5.51. The quantitative estimate of drug-likeness (QED) is 0.657. The number of anilines is 2. The monoisotopic (exact) mass is 441 g/mol. The van der Waals surface area contributed by atoms with E-state index in [0.717, 1.165) is 35.9 Å². The molecule has 1 N–H and O–H groups in total. The first-order valence-corrected chi connectivity index (χ1v) is 11.4. The van der Waals surface area contributed by atoms with Crippen molar-refractivity contribution in [2.75, 3.05) is 44.6 Å². The molecule has 0 saturated carbocycles. The summed E-state index contributed by atoms with van der Waals surface area (Å²) in [5.74, 6) is 1.93. The third kappa shape index (κ3) is 4.15. The van der Waals surface area contributed by atoms with Gasteiger partial charge in [0.2, 0.25) is 5.75 Å². The molecule has 4 rings (SSSR count). The van der Waals surface area contributed by atoms with Crippen molar-refractivity contribution in [2.45, 2.75) is 44.0 Å². The van der Waals surface area contributed by atoms with E-state index >= 15 is 0 Å². The summed E-state index contributed by atoms with van der Waals surface area (Å²) in [7, 11) is 4.90. The molecule has 2 heterocycles. The molecule has 31 heavy (non-hydrogen) atoms. The number of benzene rings is 2. The number of aliphatic imine (C=N–C) groups is 1. The molecule has 2 aliphatic rings. The Morgan fingerprint density at radius 3 is 2.35 bits per heavy atom. The molecule has 6 nitrogen and oxygen atoms in total. The van der Waals surface area contributed by atoms with Gasteiger partial charge in [-0.1, -0.05) is 20.8 Å². The van der Waals surface area contributed by atoms with E-state index < -0.39 is 0 Å². The highest BCUT2D eigenvalue weighted by Crippen LogP contribution is 2.48. The predicted molar refractivity (Wildman–Crippen MR) is 129 cm³/mol. The molecule has 2 aromatic rings. The van der Waals surface area contributed by atoms with Crippen LogP contribution in [0, 0.1) is 0 Å². The van der Waals surface area contributed by atoms with Crippen LogP contribution in [0.5, 0.6) is 17.2 Å². The lowest BCUT2D eigenvalue weighted by Crippen LogP contribution is -2.30. The summed E-state index contributed by atoms with van der Waals surface area (Å²) in [6.45, 7) is 9.34. The largest absolute Gasteiger partial charge is 0.493 e. The summed E-state index contributed by atoms with van der Waals surface area (Å²) in [4.78, 5) is 8.37. The smallest absolute Gasteiger partial charge is 0.203 e. The zero-order valence-electron chi connectivity index (χ0n) is 19.2. The average molecular weight is 442 g/mol. The fourth-order valence-electron chi connectivity index (χ4n) is 3.91. The molecule has 0 aromatic heterocycles. The number of hydrogen-bond donors (Lipinski definition) is 1. The van der Waals surface area contributed by atoms with Gasteiger partial charge < -0.3 is 24.4 Å². The Bertz CT molecular complexity index is 989. The highest BCUT2D eigenvalue weighted by Gasteiger charge is 2.32. The number of methoxy groups -OCH3 is 3. The Kier molecular flexibility index (Phi) is 5.97. The van der Waals surface area contributed by atoms with E-state index in [1.54, 1.807) is 33.1 Å². The number of amidine groups is 1. The summed E-state index contributed by atoms with van der Waals surface area (Å²) in [6.07, 6.45) is 1.09. The standard InChI is InChI=1S/C24H31N3O3S/c1-24(2,3)16-12-17(22-18(13-16)27-9-7-8-25-23(27)31-22)26-14-15-10-19(28-4)21(30-6)20(11-15)29-5/h10-13,26H,7-9,14H2,1-6H3. The second kappa shape index (κ2) is 8.54. The summed E-state index contributed by atoms with van der Waals surface area (Å²) in [5.41, 5.74) is 4.83. The molecular formula is C24H31N3O3S. The van der Waals surface area contributed by atoms with Gasteiger partial charge in [-0.25, -0.2) is 0 Å². The number of rotatable bonds is 6. The Labute approximate surface area is 189 Å². The molecule has 0 bridgehead atoms. The zero-order valence-corrected chi connectivity index (χ0v) is 20.0. The number of thioether (sulfide) groups is 1. The lowest BCUT2D eigenvalue weighted by atomic mass is 9.86. The van der Waals surface area contributed by atoms with Crippen molar-refractivity contribution in [1.29, 1.82) is 0 Å². The van der Waals surface area contributed by atoms with Crippen LogP contribution in [0.4, 0.5) is 11.4 Å². The molecule has 0 spiro atoms. The Hall–Kier alpha value is -2.54. The SMILES string of the molecule is COc1cc(CNc2cc(C(C)(C)C)cc3c2SC2=NCCCN23)cc(OC)c1OC. The Morgan fingerprint density at radius 2 is 1.74 bits per heavy atom. The van der Waals surface area contributed by atoms with Gasteiger partial charge in [0.15, 0.2) is 16.7 Å². The minimum atomic E-state index is 0.0539. The molecule has 0 amide bonds. The van der Waals surface area contributed by atoms with Crippen molar-refractivity contribution in [3.05, 3.63) is 35.4 Å². The average Bonchev–Trinajstić information content (AvgIpc) is 3.14. The van der Waals surface area contributed by atoms with E-state index in [2.05, 4.69) is 43.1 Å². The Balaban J connectivity index is 1.69. The number of ether oxygens (including phenoxy) is 3. The van der Waals surface area contributed by atoms with Crippen molar-refractivity contribution in [3.8, 4) is 17.2 Å². The molecule has 0 aliphatic carbocycles. The van der Waals surface area contributed by atoms with E-state index in [1.165, 1.54) is 16.1 Å². The van der Waals surface area contributed by atoms with Gasteiger partial charge in [0.1, 0.15) is 0 Å². The number of nitrogens with one attached hydrogen (secondary N) is 1. The maximum Gasteiger partial charge on any atom is 0.203 e. The van der Waals surface area contributed by atoms with Crippen LogP contribution in [0.3, 0.4) is 0 Å². The highest BCUT2D eigenvalue weighted by atomic mass is 32.2. The topological polar surface area (TPSA) is 55.3 Å². The lowest BCUT2D eigenvalue weighted by molar-refractivity contribution is 0.324. The van der Waals surface area contributed by atoms with Gasteiger partial charge in [-0.05, 0) is 59.0 Å². The second-order valence-electron chi connectivity index (χ2n) is 8.78. The molecule has 7 heteroatoms. The lowest BCUT2D eigenvalue weighted by Gasteiger charge is -2.26. The molecule has 0 saturated heterocycles. The maximum absolute atomic E-state index is 5.51. The number of hydrogen-bond acceptors (Lipinski definition) is 7. The third-order valence-electron chi connectivity index (χ3n) is 5.64. The fourth-order valence-corrected chi connectivity index (χ4v) is 5.06. The van der Waals surface area contributed by atoms with Crippen LogP contribution in [0.25, 0.3) is 0 Å². The van der Waals surface area contributed by atoms with Crippen LogP contribution < -0.4 is 24.4 Å². The van der Waals surface area contributed by atoms with Crippen LogP contribution >= 0.6 is 11.8 Å². The van der Waals surface area contributed by atoms with Crippen LogP contribution in [-0.2, 0) is 12.0 Å². The summed E-state index contributed by atoms with van der Waals surface area (Å²) >= 11 is 1.77. The van der Waals surface area contributed by atoms with Crippen molar-refractivity contribution < 1.29 is 14.2 Å². The predicted octanol–water partition coefficient (Wildman–Crippen LogP) is 5.29. The molecule has 0 atom stereocenters. The molecule has 2 aliphatic heterocycles. The van der Waals surface area contributed by atoms with E-state index in [-0.39, 0.29) is 5.41 Å². The van der Waals surface area contributed by atoms with Crippen LogP contribution in [-0.4, -0.2) is 39.6 Å². The van der Waals surface area contributed by atoms with Gasteiger partial charge >= 0.3 is 0 Å². The van der Waals surface area contributed by atoms with E-state index in [1.807, 2.05) is 12.1 Å². The van der Waals surface area contributed by atoms with E-state index in [0.29, 0.717) is 23.8 Å². The van der Waals surface area contributed by atoms with Crippen molar-refractivity contribution in [1.82, 2.24) is 0 Å². The molecule has 0 radical (unpaired) electrons. The van der Waals surface area contributed by atoms with Gasteiger partial charge in [0, 0.05) is 19.6 Å². The minimum absolute atomic E-state index is 0.0539. The third-order valence-corrected chi connectivity index (χ3v) is 6.81. The molecule has 2 aromatic carbocycles. The van der Waals surface area contributed by atoms with Crippen molar-refractivity contribution in [2.24, 2.45) is 4.99 Å². The normalized spacial score (nSPS) is 15.2. The van der Waals surface area contributed by atoms with Gasteiger partial charge in [-0.15, -0.1) is 0 Å². The first kappa shape index (κ1) is 21.7. The summed E-state index contributed by atoms with van der Waals surface area (Å²) in [6, 6.07) is 8.59. The van der Waals surface area contributed by atoms with Crippen LogP contribution in [0.15, 0.2) is 34.2 Å². The molecule has 0 unspecified atom stereocenters. The van der Waals surface area contributed by atoms with Gasteiger partial charge in [-0.3, -0.25) is 4.99 Å². The second-order valence-corrected chi connectivity index (χ2v) is 9.76. The minimum Gasteiger partial charge on any atom is -0.493 e. The number of nitrogens with zero attached hydrogens (tertiary/aromatic N) is 2. The fraction of sp³-hybridized carbons (Fsp3) is 0.458. The van der Waals surface area contributed by atoms with Gasteiger partial charge in [0.25, 0.3) is 0 Å². The molecule has 166 valence electrons. The van der Waals surface area contributed by atoms with Crippen LogP contribution in [0.1, 0.15) is 38.3 Å². The van der Waals surface area contributed by atoms with Gasteiger partial charge in [-0.2, -0.15) is 0 Å². The Morgan fingerprint density at radius 1 is 1.03 bits per heavy atom. The van der Waals surface area contributed by atoms with Crippen molar-refractivity contribution >= 4 is 28.3 Å². The summed E-state index contributed by atoms with van der Waals surface area (Å²) in [5, 5.41) is 4.78. The van der Waals surface area contributed by atoms with E-state index in [4.69, 9.17) is 19.2 Å². The molecular weight excluding hydrogens is 410 g/mol. The summed E-state index contributed by atoms with van der Waals surface area (Å²) < 4.78 is 16.5. The van der Waals surface area contributed by atoms with Crippen LogP contribution in [0.2, 0.25) is 0 Å². The highest BCUT2D eigenvalue weighted by molar-refractivity contribution is 8.15. The van der Waals surface area contributed by atoms with Gasteiger partial charge in [0.05, 0.1) is 37.6 Å². The first-order valence-electron chi connectivity index (χ1n) is 10.6. The zero-order chi connectivity index (χ0) is 22.2. The molecule has 0 fully saturated rings. The van der Waals surface area contributed by atoms with Crippen molar-refractivity contribution in [3.63, 3.8) is 0 Å². The number of fused-ring (bicyclic) bond motifs is 3. The first-order chi connectivity index (χ1) is 14.9.